The number of esters is 1. The van der Waals surface area contributed by atoms with Crippen LogP contribution >= 0.6 is 0 Å². The summed E-state index contributed by atoms with van der Waals surface area (Å²) >= 11 is 0. The van der Waals surface area contributed by atoms with E-state index in [1.54, 1.807) is 14.2 Å². The number of carbonyl (C=O) groups excluding carboxylic acids is 2. The smallest absolute Gasteiger partial charge is 0.315 e. The largest absolute Gasteiger partial charge is 0.493 e. The van der Waals surface area contributed by atoms with Crippen LogP contribution in [0.1, 0.15) is 53.9 Å². The topological polar surface area (TPSA) is 83.4 Å². The molecule has 0 N–H and O–H groups in total. The van der Waals surface area contributed by atoms with Crippen molar-refractivity contribution >= 4 is 17.5 Å². The first kappa shape index (κ1) is 31.8. The molecule has 1 aliphatic heterocycles. The van der Waals surface area contributed by atoms with Crippen LogP contribution in [-0.4, -0.2) is 38.3 Å². The van der Waals surface area contributed by atoms with Crippen LogP contribution in [-0.2, 0) is 27.4 Å². The zero-order valence-corrected chi connectivity index (χ0v) is 27.0. The van der Waals surface area contributed by atoms with Gasteiger partial charge in [0.25, 0.3) is 0 Å². The number of ether oxygens (including phenoxy) is 4. The van der Waals surface area contributed by atoms with Gasteiger partial charge in [-0.1, -0.05) is 78.9 Å². The first-order valence-electron chi connectivity index (χ1n) is 16.0. The molecule has 0 amide bonds. The van der Waals surface area contributed by atoms with Crippen LogP contribution in [0.15, 0.2) is 119 Å². The number of carbonyl (C=O) groups is 2. The number of hydrogen-bond donors (Lipinski definition) is 0. The van der Waals surface area contributed by atoms with Gasteiger partial charge in [-0.25, -0.2) is 0 Å². The molecule has 0 radical (unpaired) electrons. The molecular formula is C40H39NO6. The van der Waals surface area contributed by atoms with Gasteiger partial charge in [0.1, 0.15) is 18.3 Å². The summed E-state index contributed by atoms with van der Waals surface area (Å²) < 4.78 is 23.0. The number of methoxy groups -OCH3 is 2. The Balaban J connectivity index is 1.32. The van der Waals surface area contributed by atoms with E-state index >= 15 is 0 Å². The summed E-state index contributed by atoms with van der Waals surface area (Å²) in [6.07, 6.45) is 1.45. The monoisotopic (exact) mass is 629 g/mol. The summed E-state index contributed by atoms with van der Waals surface area (Å²) in [4.78, 5) is 33.0. The van der Waals surface area contributed by atoms with Gasteiger partial charge in [0.05, 0.1) is 20.8 Å². The van der Waals surface area contributed by atoms with Crippen LogP contribution in [0.5, 0.6) is 17.2 Å². The van der Waals surface area contributed by atoms with Gasteiger partial charge in [-0.2, -0.15) is 0 Å². The zero-order valence-electron chi connectivity index (χ0n) is 27.0. The minimum atomic E-state index is -0.740. The van der Waals surface area contributed by atoms with E-state index in [1.807, 2.05) is 110 Å². The van der Waals surface area contributed by atoms with Crippen molar-refractivity contribution in [2.45, 2.75) is 44.6 Å². The predicted octanol–water partition coefficient (Wildman–Crippen LogP) is 7.64. The average molecular weight is 630 g/mol. The number of nitrogens with zero attached hydrogens (tertiary/aromatic N) is 1. The normalized spacial score (nSPS) is 19.0. The van der Waals surface area contributed by atoms with E-state index in [1.165, 1.54) is 0 Å². The average Bonchev–Trinajstić information content (AvgIpc) is 3.10. The maximum absolute atomic E-state index is 14.2. The van der Waals surface area contributed by atoms with Crippen molar-refractivity contribution in [3.63, 3.8) is 0 Å². The van der Waals surface area contributed by atoms with Crippen molar-refractivity contribution in [1.29, 1.82) is 0 Å². The summed E-state index contributed by atoms with van der Waals surface area (Å²) in [5.41, 5.74) is 5.86. The second kappa shape index (κ2) is 14.5. The Labute approximate surface area is 275 Å². The molecule has 3 atom stereocenters. The molecule has 6 rings (SSSR count). The van der Waals surface area contributed by atoms with Gasteiger partial charge >= 0.3 is 5.97 Å². The van der Waals surface area contributed by atoms with E-state index in [4.69, 9.17) is 23.9 Å². The first-order valence-corrected chi connectivity index (χ1v) is 16.0. The molecule has 0 bridgehead atoms. The number of Topliss-reactive ketones (excluding diaryl/α,β-unsaturated/α-hetero) is 1. The third kappa shape index (κ3) is 7.14. The third-order valence-corrected chi connectivity index (χ3v) is 8.96. The molecule has 7 heteroatoms. The highest BCUT2D eigenvalue weighted by atomic mass is 16.5. The number of rotatable bonds is 11. The highest BCUT2D eigenvalue weighted by Gasteiger charge is 2.45. The highest BCUT2D eigenvalue weighted by molar-refractivity contribution is 6.09. The molecule has 0 saturated heterocycles. The Morgan fingerprint density at radius 2 is 1.51 bits per heavy atom. The molecule has 0 saturated carbocycles. The molecule has 4 aromatic rings. The molecule has 240 valence electrons. The van der Waals surface area contributed by atoms with Crippen molar-refractivity contribution in [3.05, 3.63) is 137 Å². The fourth-order valence-corrected chi connectivity index (χ4v) is 6.61. The van der Waals surface area contributed by atoms with Crippen LogP contribution in [0.2, 0.25) is 0 Å². The standard InChI is InChI=1S/C40H39NO6/c1-26-37(40(43)46-20-19-27-11-6-4-7-12-27)38(30-15-10-16-32(21-30)47-25-28-13-8-5-9-14-28)39-33(41-26)22-31(23-34(39)42)29-17-18-35(44-2)36(24-29)45-3/h4-18,21,24,31,37-38H,19-20,22-23,25H2,1-3H3/t31-,37?,38+/m0/s1. The Morgan fingerprint density at radius 3 is 2.23 bits per heavy atom. The number of hydrogen-bond acceptors (Lipinski definition) is 7. The lowest BCUT2D eigenvalue weighted by Crippen LogP contribution is -2.38. The van der Waals surface area contributed by atoms with Gasteiger partial charge in [0, 0.05) is 35.7 Å². The third-order valence-electron chi connectivity index (χ3n) is 8.96. The summed E-state index contributed by atoms with van der Waals surface area (Å²) in [6.45, 7) is 2.50. The van der Waals surface area contributed by atoms with Gasteiger partial charge in [0.15, 0.2) is 17.3 Å². The molecule has 47 heavy (non-hydrogen) atoms. The van der Waals surface area contributed by atoms with E-state index in [2.05, 4.69) is 0 Å². The lowest BCUT2D eigenvalue weighted by Gasteiger charge is -2.36. The molecule has 1 aliphatic carbocycles. The van der Waals surface area contributed by atoms with Crippen molar-refractivity contribution in [1.82, 2.24) is 0 Å². The van der Waals surface area contributed by atoms with E-state index in [9.17, 15) is 9.59 Å². The fraction of sp³-hybridized carbons (Fsp3) is 0.275. The second-order valence-corrected chi connectivity index (χ2v) is 12.0. The highest BCUT2D eigenvalue weighted by Crippen LogP contribution is 2.48. The fourth-order valence-electron chi connectivity index (χ4n) is 6.61. The quantitative estimate of drug-likeness (QED) is 0.159. The summed E-state index contributed by atoms with van der Waals surface area (Å²) in [7, 11) is 3.20. The van der Waals surface area contributed by atoms with Crippen LogP contribution in [0.3, 0.4) is 0 Å². The molecule has 0 spiro atoms. The minimum Gasteiger partial charge on any atom is -0.493 e. The van der Waals surface area contributed by atoms with Crippen LogP contribution in [0.25, 0.3) is 0 Å². The van der Waals surface area contributed by atoms with E-state index in [-0.39, 0.29) is 24.3 Å². The first-order chi connectivity index (χ1) is 22.9. The van der Waals surface area contributed by atoms with E-state index in [0.29, 0.717) is 60.1 Å². The molecule has 4 aromatic carbocycles. The van der Waals surface area contributed by atoms with Gasteiger partial charge in [0.2, 0.25) is 0 Å². The summed E-state index contributed by atoms with van der Waals surface area (Å²) in [5.74, 6) is 0.122. The van der Waals surface area contributed by atoms with E-state index < -0.39 is 11.8 Å². The molecular weight excluding hydrogens is 590 g/mol. The minimum absolute atomic E-state index is 0.0232. The maximum atomic E-state index is 14.2. The Hall–Kier alpha value is -5.17. The molecule has 2 aliphatic rings. The lowest BCUT2D eigenvalue weighted by molar-refractivity contribution is -0.146. The summed E-state index contributed by atoms with van der Waals surface area (Å²) in [6, 6.07) is 33.3. The van der Waals surface area contributed by atoms with Crippen molar-refractivity contribution in [2.75, 3.05) is 20.8 Å². The Kier molecular flexibility index (Phi) is 9.81. The lowest BCUT2D eigenvalue weighted by atomic mass is 9.69. The number of allylic oxidation sites excluding steroid dienone is 2. The SMILES string of the molecule is COc1ccc([C@@H]2CC(=O)C3=C(C2)N=C(C)C(C(=O)OCCc2ccccc2)[C@H]3c2cccc(OCc3ccccc3)c2)cc1OC. The molecule has 1 unspecified atom stereocenters. The number of benzene rings is 4. The molecule has 7 nitrogen and oxygen atoms in total. The zero-order chi connectivity index (χ0) is 32.8. The van der Waals surface area contributed by atoms with Crippen molar-refractivity contribution < 1.29 is 28.5 Å². The van der Waals surface area contributed by atoms with E-state index in [0.717, 1.165) is 22.3 Å². The van der Waals surface area contributed by atoms with Crippen LogP contribution < -0.4 is 14.2 Å². The molecule has 0 aromatic heterocycles. The van der Waals surface area contributed by atoms with Crippen molar-refractivity contribution in [3.8, 4) is 17.2 Å². The molecule has 1 heterocycles. The van der Waals surface area contributed by atoms with Gasteiger partial charge in [-0.05, 0) is 65.8 Å². The predicted molar refractivity (Wildman–Crippen MR) is 181 cm³/mol. The van der Waals surface area contributed by atoms with Gasteiger partial charge in [-0.3, -0.25) is 14.6 Å². The number of ketones is 1. The van der Waals surface area contributed by atoms with Crippen LogP contribution in [0.4, 0.5) is 0 Å². The van der Waals surface area contributed by atoms with Gasteiger partial charge < -0.3 is 18.9 Å². The Morgan fingerprint density at radius 1 is 0.787 bits per heavy atom. The number of aliphatic imine (C=N–C) groups is 1. The van der Waals surface area contributed by atoms with Crippen LogP contribution in [0, 0.1) is 5.92 Å². The van der Waals surface area contributed by atoms with Gasteiger partial charge in [-0.15, -0.1) is 0 Å². The summed E-state index contributed by atoms with van der Waals surface area (Å²) in [5, 5.41) is 0. The Bertz CT molecular complexity index is 1800. The molecule has 0 fully saturated rings. The maximum Gasteiger partial charge on any atom is 0.315 e. The second-order valence-electron chi connectivity index (χ2n) is 12.0. The van der Waals surface area contributed by atoms with Crippen molar-refractivity contribution in [2.24, 2.45) is 10.9 Å².